The van der Waals surface area contributed by atoms with Gasteiger partial charge in [0, 0.05) is 5.56 Å². The van der Waals surface area contributed by atoms with E-state index in [1.165, 1.54) is 0 Å². The van der Waals surface area contributed by atoms with E-state index in [0.717, 1.165) is 6.92 Å². The first-order valence-corrected chi connectivity index (χ1v) is 7.65. The Balaban J connectivity index is 2.16. The van der Waals surface area contributed by atoms with Gasteiger partial charge in [0.15, 0.2) is 23.3 Å². The van der Waals surface area contributed by atoms with Crippen LogP contribution in [-0.2, 0) is 20.9 Å². The van der Waals surface area contributed by atoms with Gasteiger partial charge in [-0.1, -0.05) is 19.9 Å². The van der Waals surface area contributed by atoms with Crippen molar-refractivity contribution in [2.24, 2.45) is 17.3 Å². The van der Waals surface area contributed by atoms with E-state index < -0.39 is 58.3 Å². The molecule has 3 nitrogen and oxygen atoms in total. The average Bonchev–Trinajstić information content (AvgIpc) is 3.10. The third-order valence-electron chi connectivity index (χ3n) is 4.73. The summed E-state index contributed by atoms with van der Waals surface area (Å²) < 4.78 is 59.5. The van der Waals surface area contributed by atoms with E-state index in [1.54, 1.807) is 26.8 Å². The van der Waals surface area contributed by atoms with E-state index in [9.17, 15) is 27.2 Å². The summed E-state index contributed by atoms with van der Waals surface area (Å²) in [6, 6.07) is 0. The maximum absolute atomic E-state index is 13.8. The number of aldehydes is 1. The van der Waals surface area contributed by atoms with Gasteiger partial charge in [0.2, 0.25) is 0 Å². The molecule has 1 fully saturated rings. The van der Waals surface area contributed by atoms with Crippen molar-refractivity contribution in [1.29, 1.82) is 0 Å². The summed E-state index contributed by atoms with van der Waals surface area (Å²) in [6.45, 7) is 5.15. The number of halogens is 4. The van der Waals surface area contributed by atoms with Crippen molar-refractivity contribution in [2.45, 2.75) is 34.3 Å². The lowest BCUT2D eigenvalue weighted by atomic mass is 10.1. The predicted octanol–water partition coefficient (Wildman–Crippen LogP) is 4.01. The van der Waals surface area contributed by atoms with E-state index in [-0.39, 0.29) is 5.92 Å². The highest BCUT2D eigenvalue weighted by atomic mass is 19.2. The van der Waals surface area contributed by atoms with Crippen LogP contribution in [0.25, 0.3) is 0 Å². The number of benzene rings is 1. The number of rotatable bonds is 5. The standard InChI is InChI=1S/C18H18F4O3/c1-8(6-23)5-11-12(18(11,3)4)17(24)25-7-10-15(21)13(19)9(2)14(20)16(10)22/h5-6,11-12H,7H2,1-4H3/b8-5-. The molecule has 0 radical (unpaired) electrons. The van der Waals surface area contributed by atoms with Crippen LogP contribution < -0.4 is 0 Å². The molecule has 0 amide bonds. The fraction of sp³-hybridized carbons (Fsp3) is 0.444. The number of hydrogen-bond acceptors (Lipinski definition) is 3. The highest BCUT2D eigenvalue weighted by Crippen LogP contribution is 2.59. The van der Waals surface area contributed by atoms with Crippen molar-refractivity contribution < 1.29 is 31.9 Å². The van der Waals surface area contributed by atoms with Gasteiger partial charge in [0.05, 0.1) is 11.5 Å². The maximum Gasteiger partial charge on any atom is 0.310 e. The number of hydrogen-bond donors (Lipinski definition) is 0. The molecular formula is C18H18F4O3. The molecule has 0 N–H and O–H groups in total. The molecule has 1 aromatic carbocycles. The molecule has 0 spiro atoms. The van der Waals surface area contributed by atoms with Crippen molar-refractivity contribution in [3.63, 3.8) is 0 Å². The summed E-state index contributed by atoms with van der Waals surface area (Å²) in [7, 11) is 0. The number of ether oxygens (including phenoxy) is 1. The zero-order valence-corrected chi connectivity index (χ0v) is 14.3. The molecule has 0 aliphatic heterocycles. The van der Waals surface area contributed by atoms with Crippen LogP contribution >= 0.6 is 0 Å². The summed E-state index contributed by atoms with van der Waals surface area (Å²) in [5.74, 6) is -7.79. The third-order valence-corrected chi connectivity index (χ3v) is 4.73. The Bertz CT molecular complexity index is 739. The molecule has 1 aromatic rings. The van der Waals surface area contributed by atoms with Gasteiger partial charge in [-0.25, -0.2) is 17.6 Å². The van der Waals surface area contributed by atoms with Crippen molar-refractivity contribution >= 4 is 12.3 Å². The molecule has 2 rings (SSSR count). The van der Waals surface area contributed by atoms with Gasteiger partial charge in [-0.3, -0.25) is 9.59 Å². The topological polar surface area (TPSA) is 43.4 Å². The Labute approximate surface area is 142 Å². The van der Waals surface area contributed by atoms with Crippen LogP contribution in [0, 0.1) is 47.4 Å². The molecule has 1 saturated carbocycles. The molecule has 136 valence electrons. The highest BCUT2D eigenvalue weighted by Gasteiger charge is 2.61. The molecule has 7 heteroatoms. The Morgan fingerprint density at radius 2 is 1.64 bits per heavy atom. The van der Waals surface area contributed by atoms with Crippen LogP contribution in [-0.4, -0.2) is 12.3 Å². The Hall–Kier alpha value is -2.18. The summed E-state index contributed by atoms with van der Waals surface area (Å²) >= 11 is 0. The predicted molar refractivity (Wildman–Crippen MR) is 81.4 cm³/mol. The Morgan fingerprint density at radius 3 is 2.12 bits per heavy atom. The van der Waals surface area contributed by atoms with Gasteiger partial charge in [-0.15, -0.1) is 0 Å². The highest BCUT2D eigenvalue weighted by molar-refractivity contribution is 5.79. The van der Waals surface area contributed by atoms with Gasteiger partial charge in [-0.2, -0.15) is 0 Å². The van der Waals surface area contributed by atoms with Gasteiger partial charge in [-0.05, 0) is 30.8 Å². The van der Waals surface area contributed by atoms with Crippen LogP contribution in [0.2, 0.25) is 0 Å². The quantitative estimate of drug-likeness (QED) is 0.263. The maximum atomic E-state index is 13.8. The lowest BCUT2D eigenvalue weighted by molar-refractivity contribution is -0.147. The molecule has 1 aliphatic rings. The summed E-state index contributed by atoms with van der Waals surface area (Å²) in [5.41, 5.74) is -1.78. The molecule has 2 atom stereocenters. The van der Waals surface area contributed by atoms with Gasteiger partial charge >= 0.3 is 5.97 Å². The zero-order chi connectivity index (χ0) is 19.1. The number of carbonyl (C=O) groups is 2. The minimum Gasteiger partial charge on any atom is -0.460 e. The van der Waals surface area contributed by atoms with Crippen molar-refractivity contribution in [1.82, 2.24) is 0 Å². The van der Waals surface area contributed by atoms with Gasteiger partial charge in [0.1, 0.15) is 12.9 Å². The van der Waals surface area contributed by atoms with Crippen molar-refractivity contribution in [3.05, 3.63) is 46.0 Å². The molecule has 0 saturated heterocycles. The number of carbonyl (C=O) groups excluding carboxylic acids is 2. The largest absolute Gasteiger partial charge is 0.460 e. The third kappa shape index (κ3) is 3.32. The molecule has 0 bridgehead atoms. The van der Waals surface area contributed by atoms with Crippen LogP contribution in [0.4, 0.5) is 17.6 Å². The van der Waals surface area contributed by atoms with Crippen LogP contribution in [0.15, 0.2) is 11.6 Å². The minimum absolute atomic E-state index is 0.258. The van der Waals surface area contributed by atoms with Crippen molar-refractivity contribution in [2.75, 3.05) is 0 Å². The van der Waals surface area contributed by atoms with Crippen LogP contribution in [0.5, 0.6) is 0 Å². The average molecular weight is 358 g/mol. The van der Waals surface area contributed by atoms with E-state index in [1.807, 2.05) is 0 Å². The first kappa shape index (κ1) is 19.1. The lowest BCUT2D eigenvalue weighted by Crippen LogP contribution is -2.14. The smallest absolute Gasteiger partial charge is 0.310 e. The summed E-state index contributed by atoms with van der Waals surface area (Å²) in [4.78, 5) is 22.9. The first-order chi connectivity index (χ1) is 11.5. The lowest BCUT2D eigenvalue weighted by Gasteiger charge is -2.10. The zero-order valence-electron chi connectivity index (χ0n) is 14.3. The molecule has 25 heavy (non-hydrogen) atoms. The fourth-order valence-corrected chi connectivity index (χ4v) is 2.91. The second-order valence-electron chi connectivity index (χ2n) is 6.82. The van der Waals surface area contributed by atoms with E-state index in [4.69, 9.17) is 4.74 Å². The fourth-order valence-electron chi connectivity index (χ4n) is 2.91. The Kier molecular flexibility index (Phi) is 5.06. The van der Waals surface area contributed by atoms with E-state index in [0.29, 0.717) is 11.9 Å². The number of esters is 1. The second-order valence-corrected chi connectivity index (χ2v) is 6.82. The molecule has 1 aliphatic carbocycles. The molecule has 2 unspecified atom stereocenters. The number of allylic oxidation sites excluding steroid dienone is 2. The van der Waals surface area contributed by atoms with Crippen LogP contribution in [0.3, 0.4) is 0 Å². The second kappa shape index (κ2) is 6.61. The van der Waals surface area contributed by atoms with Crippen molar-refractivity contribution in [3.8, 4) is 0 Å². The van der Waals surface area contributed by atoms with Crippen LogP contribution in [0.1, 0.15) is 31.9 Å². The van der Waals surface area contributed by atoms with Gasteiger partial charge in [0.25, 0.3) is 0 Å². The summed E-state index contributed by atoms with van der Waals surface area (Å²) in [6.07, 6.45) is 2.28. The monoisotopic (exact) mass is 358 g/mol. The molecule has 0 heterocycles. The van der Waals surface area contributed by atoms with E-state index >= 15 is 0 Å². The van der Waals surface area contributed by atoms with E-state index in [2.05, 4.69) is 0 Å². The Morgan fingerprint density at radius 1 is 1.12 bits per heavy atom. The molecular weight excluding hydrogens is 340 g/mol. The minimum atomic E-state index is -1.58. The molecule has 0 aromatic heterocycles. The SMILES string of the molecule is C/C(C=O)=C/C1C(C(=O)OCc2c(F)c(F)c(C)c(F)c2F)C1(C)C. The normalized spacial score (nSPS) is 21.8. The first-order valence-electron chi connectivity index (χ1n) is 7.65. The van der Waals surface area contributed by atoms with Gasteiger partial charge < -0.3 is 4.74 Å². The summed E-state index contributed by atoms with van der Waals surface area (Å²) in [5, 5.41) is 0.